The van der Waals surface area contributed by atoms with Crippen LogP contribution in [0.15, 0.2) is 24.5 Å². The number of hydrogen-bond donors (Lipinski definition) is 1. The molecule has 0 aliphatic heterocycles. The molecule has 2 aromatic rings. The normalized spacial score (nSPS) is 10.4. The van der Waals surface area contributed by atoms with E-state index in [9.17, 15) is 4.39 Å². The second kappa shape index (κ2) is 3.10. The van der Waals surface area contributed by atoms with Crippen molar-refractivity contribution in [3.8, 4) is 11.4 Å². The van der Waals surface area contributed by atoms with Crippen LogP contribution in [0.3, 0.4) is 0 Å². The number of nitrogens with two attached hydrogens (primary N) is 1. The molecule has 0 aliphatic carbocycles. The van der Waals surface area contributed by atoms with Crippen LogP contribution >= 0.6 is 0 Å². The molecule has 0 spiro atoms. The summed E-state index contributed by atoms with van der Waals surface area (Å²) in [4.78, 5) is 0. The molecule has 1 aromatic carbocycles. The topological polar surface area (TPSA) is 56.7 Å². The van der Waals surface area contributed by atoms with Crippen LogP contribution in [0.5, 0.6) is 0 Å². The lowest BCUT2D eigenvalue weighted by Crippen LogP contribution is -1.98. The Labute approximate surface area is 80.2 Å². The molecule has 72 valence electrons. The summed E-state index contributed by atoms with van der Waals surface area (Å²) in [7, 11) is 1.74. The molecule has 5 heteroatoms. The van der Waals surface area contributed by atoms with Gasteiger partial charge in [-0.05, 0) is 12.1 Å². The lowest BCUT2D eigenvalue weighted by molar-refractivity contribution is 0.629. The molecule has 4 nitrogen and oxygen atoms in total. The Morgan fingerprint density at radius 2 is 2.21 bits per heavy atom. The van der Waals surface area contributed by atoms with E-state index >= 15 is 0 Å². The van der Waals surface area contributed by atoms with E-state index in [-0.39, 0.29) is 5.82 Å². The zero-order valence-electron chi connectivity index (χ0n) is 7.61. The highest BCUT2D eigenvalue weighted by atomic mass is 19.1. The van der Waals surface area contributed by atoms with Crippen molar-refractivity contribution >= 4 is 5.69 Å². The first-order valence-electron chi connectivity index (χ1n) is 4.08. The quantitative estimate of drug-likeness (QED) is 0.691. The van der Waals surface area contributed by atoms with E-state index < -0.39 is 0 Å². The molecule has 2 N–H and O–H groups in total. The fraction of sp³-hybridized carbons (Fsp3) is 0.111. The van der Waals surface area contributed by atoms with E-state index in [0.29, 0.717) is 17.1 Å². The number of halogens is 1. The van der Waals surface area contributed by atoms with Gasteiger partial charge in [-0.2, -0.15) is 0 Å². The Morgan fingerprint density at radius 3 is 2.79 bits per heavy atom. The predicted octanol–water partition coefficient (Wildman–Crippen LogP) is 1.20. The van der Waals surface area contributed by atoms with Crippen LogP contribution in [-0.4, -0.2) is 14.8 Å². The first-order chi connectivity index (χ1) is 6.70. The van der Waals surface area contributed by atoms with Crippen molar-refractivity contribution in [3.63, 3.8) is 0 Å². The van der Waals surface area contributed by atoms with Gasteiger partial charge in [0.2, 0.25) is 0 Å². The van der Waals surface area contributed by atoms with Crippen LogP contribution in [0.1, 0.15) is 0 Å². The Morgan fingerprint density at radius 1 is 1.43 bits per heavy atom. The van der Waals surface area contributed by atoms with Gasteiger partial charge in [-0.25, -0.2) is 4.39 Å². The van der Waals surface area contributed by atoms with Crippen LogP contribution in [0.25, 0.3) is 11.4 Å². The fourth-order valence-corrected chi connectivity index (χ4v) is 1.29. The van der Waals surface area contributed by atoms with E-state index in [4.69, 9.17) is 5.73 Å². The Bertz CT molecular complexity index is 443. The lowest BCUT2D eigenvalue weighted by Gasteiger charge is -2.05. The number of rotatable bonds is 1. The molecule has 0 atom stereocenters. The maximum absolute atomic E-state index is 13.4. The van der Waals surface area contributed by atoms with Crippen molar-refractivity contribution in [1.82, 2.24) is 14.8 Å². The minimum atomic E-state index is -0.388. The Balaban J connectivity index is 2.68. The molecule has 0 unspecified atom stereocenters. The average Bonchev–Trinajstić information content (AvgIpc) is 2.52. The van der Waals surface area contributed by atoms with Gasteiger partial charge in [0.15, 0.2) is 5.82 Å². The summed E-state index contributed by atoms with van der Waals surface area (Å²) < 4.78 is 15.1. The molecule has 0 fully saturated rings. The van der Waals surface area contributed by atoms with E-state index in [1.54, 1.807) is 23.7 Å². The molecule has 0 amide bonds. The summed E-state index contributed by atoms with van der Waals surface area (Å²) in [5.41, 5.74) is 6.32. The van der Waals surface area contributed by atoms with Gasteiger partial charge in [0.25, 0.3) is 0 Å². The number of nitrogens with zero attached hydrogens (tertiary/aromatic N) is 3. The maximum Gasteiger partial charge on any atom is 0.168 e. The van der Waals surface area contributed by atoms with E-state index in [1.807, 2.05) is 0 Å². The minimum absolute atomic E-state index is 0.299. The van der Waals surface area contributed by atoms with Crippen molar-refractivity contribution in [2.45, 2.75) is 0 Å². The second-order valence-electron chi connectivity index (χ2n) is 2.97. The number of aromatic nitrogens is 3. The van der Waals surface area contributed by atoms with Gasteiger partial charge in [0, 0.05) is 12.7 Å². The predicted molar refractivity (Wildman–Crippen MR) is 50.8 cm³/mol. The SMILES string of the molecule is Cn1cnnc1-c1c(N)cccc1F. The third kappa shape index (κ3) is 1.22. The monoisotopic (exact) mass is 192 g/mol. The smallest absolute Gasteiger partial charge is 0.168 e. The van der Waals surface area contributed by atoms with Gasteiger partial charge >= 0.3 is 0 Å². The maximum atomic E-state index is 13.4. The first-order valence-corrected chi connectivity index (χ1v) is 4.08. The molecule has 0 radical (unpaired) electrons. The van der Waals surface area contributed by atoms with E-state index in [0.717, 1.165) is 0 Å². The summed E-state index contributed by atoms with van der Waals surface area (Å²) in [5.74, 6) is 0.0432. The zero-order valence-corrected chi connectivity index (χ0v) is 7.61. The van der Waals surface area contributed by atoms with Gasteiger partial charge in [-0.15, -0.1) is 10.2 Å². The average molecular weight is 192 g/mol. The van der Waals surface area contributed by atoms with Gasteiger partial charge in [0.05, 0.1) is 5.56 Å². The summed E-state index contributed by atoms with van der Waals surface area (Å²) in [5, 5.41) is 7.47. The largest absolute Gasteiger partial charge is 0.398 e. The van der Waals surface area contributed by atoms with E-state index in [2.05, 4.69) is 10.2 Å². The molecule has 14 heavy (non-hydrogen) atoms. The highest BCUT2D eigenvalue weighted by Gasteiger charge is 2.13. The third-order valence-electron chi connectivity index (χ3n) is 1.98. The van der Waals surface area contributed by atoms with Crippen molar-refractivity contribution in [3.05, 3.63) is 30.3 Å². The van der Waals surface area contributed by atoms with E-state index in [1.165, 1.54) is 12.4 Å². The van der Waals surface area contributed by atoms with Crippen molar-refractivity contribution < 1.29 is 4.39 Å². The molecular formula is C9H9FN4. The van der Waals surface area contributed by atoms with Crippen LogP contribution in [-0.2, 0) is 7.05 Å². The van der Waals surface area contributed by atoms with Crippen LogP contribution in [0, 0.1) is 5.82 Å². The van der Waals surface area contributed by atoms with Crippen molar-refractivity contribution in [2.75, 3.05) is 5.73 Å². The molecule has 0 aliphatic rings. The first kappa shape index (κ1) is 8.68. The molecule has 1 aromatic heterocycles. The fourth-order valence-electron chi connectivity index (χ4n) is 1.29. The van der Waals surface area contributed by atoms with Crippen molar-refractivity contribution in [2.24, 2.45) is 7.05 Å². The highest BCUT2D eigenvalue weighted by Crippen LogP contribution is 2.25. The van der Waals surface area contributed by atoms with Gasteiger partial charge < -0.3 is 10.3 Å². The minimum Gasteiger partial charge on any atom is -0.398 e. The van der Waals surface area contributed by atoms with Gasteiger partial charge in [0.1, 0.15) is 12.1 Å². The second-order valence-corrected chi connectivity index (χ2v) is 2.97. The standard InChI is InChI=1S/C9H9FN4/c1-14-5-12-13-9(14)8-6(10)3-2-4-7(8)11/h2-5H,11H2,1H3. The molecule has 1 heterocycles. The summed E-state index contributed by atoms with van der Waals surface area (Å²) in [6.07, 6.45) is 1.50. The lowest BCUT2D eigenvalue weighted by atomic mass is 10.1. The highest BCUT2D eigenvalue weighted by molar-refractivity contribution is 5.71. The van der Waals surface area contributed by atoms with Gasteiger partial charge in [-0.1, -0.05) is 6.07 Å². The number of nitrogen functional groups attached to an aromatic ring is 1. The molecule has 2 rings (SSSR count). The third-order valence-corrected chi connectivity index (χ3v) is 1.98. The van der Waals surface area contributed by atoms with Gasteiger partial charge in [-0.3, -0.25) is 0 Å². The number of aryl methyl sites for hydroxylation is 1. The molecular weight excluding hydrogens is 183 g/mol. The summed E-state index contributed by atoms with van der Waals surface area (Å²) >= 11 is 0. The Kier molecular flexibility index (Phi) is 1.92. The van der Waals surface area contributed by atoms with Crippen LogP contribution in [0.2, 0.25) is 0 Å². The summed E-state index contributed by atoms with van der Waals surface area (Å²) in [6, 6.07) is 4.54. The number of hydrogen-bond acceptors (Lipinski definition) is 3. The summed E-state index contributed by atoms with van der Waals surface area (Å²) in [6.45, 7) is 0. The zero-order chi connectivity index (χ0) is 10.1. The van der Waals surface area contributed by atoms with Crippen molar-refractivity contribution in [1.29, 1.82) is 0 Å². The van der Waals surface area contributed by atoms with Crippen LogP contribution in [0.4, 0.5) is 10.1 Å². The molecule has 0 bridgehead atoms. The molecule has 0 saturated heterocycles. The molecule has 0 saturated carbocycles. The Hall–Kier alpha value is -1.91. The van der Waals surface area contributed by atoms with Crippen LogP contribution < -0.4 is 5.73 Å². The number of benzene rings is 1. The number of anilines is 1.